The van der Waals surface area contributed by atoms with Crippen molar-refractivity contribution in [1.82, 2.24) is 10.0 Å². The first kappa shape index (κ1) is 27.2. The molecule has 3 rings (SSSR count). The van der Waals surface area contributed by atoms with Gasteiger partial charge in [0.25, 0.3) is 0 Å². The van der Waals surface area contributed by atoms with Crippen molar-refractivity contribution in [2.45, 2.75) is 70.4 Å². The molecule has 2 atom stereocenters. The van der Waals surface area contributed by atoms with Gasteiger partial charge in [0.2, 0.25) is 10.0 Å². The first-order valence-electron chi connectivity index (χ1n) is 12.2. The van der Waals surface area contributed by atoms with Crippen LogP contribution in [0, 0.1) is 11.6 Å². The molecule has 0 bridgehead atoms. The normalized spacial score (nSPS) is 18.1. The third kappa shape index (κ3) is 8.08. The van der Waals surface area contributed by atoms with Crippen LogP contribution >= 0.6 is 0 Å². The van der Waals surface area contributed by atoms with Crippen molar-refractivity contribution in [3.05, 3.63) is 59.2 Å². The maximum absolute atomic E-state index is 14.8. The van der Waals surface area contributed by atoms with Crippen LogP contribution in [0.15, 0.2) is 36.4 Å². The molecule has 9 heteroatoms. The molecular formula is C26H34F2N2O4S. The Morgan fingerprint density at radius 3 is 2.66 bits per heavy atom. The second kappa shape index (κ2) is 12.6. The average molecular weight is 509 g/mol. The van der Waals surface area contributed by atoms with Crippen molar-refractivity contribution in [2.75, 3.05) is 12.3 Å². The fourth-order valence-corrected chi connectivity index (χ4v) is 5.51. The van der Waals surface area contributed by atoms with Gasteiger partial charge in [0.15, 0.2) is 0 Å². The SMILES string of the molecule is CCS(=O)(=O)NC1CCNC1Cc1cccc(-c2cc(F)cc(F)c2CCCCCCC(=O)O)c1. The minimum atomic E-state index is -3.32. The Hall–Kier alpha value is -2.36. The van der Waals surface area contributed by atoms with Crippen molar-refractivity contribution >= 4 is 16.0 Å². The topological polar surface area (TPSA) is 95.5 Å². The number of carboxylic acid groups (broad SMARTS) is 1. The Morgan fingerprint density at radius 1 is 1.14 bits per heavy atom. The van der Waals surface area contributed by atoms with E-state index in [1.54, 1.807) is 6.92 Å². The van der Waals surface area contributed by atoms with E-state index in [0.717, 1.165) is 24.5 Å². The summed E-state index contributed by atoms with van der Waals surface area (Å²) in [4.78, 5) is 10.6. The van der Waals surface area contributed by atoms with Crippen molar-refractivity contribution in [3.8, 4) is 11.1 Å². The minimum Gasteiger partial charge on any atom is -0.481 e. The first-order valence-corrected chi connectivity index (χ1v) is 13.9. The summed E-state index contributed by atoms with van der Waals surface area (Å²) in [7, 11) is -3.32. The molecule has 35 heavy (non-hydrogen) atoms. The van der Waals surface area contributed by atoms with Crippen LogP contribution in [0.2, 0.25) is 0 Å². The third-order valence-electron chi connectivity index (χ3n) is 6.48. The zero-order valence-corrected chi connectivity index (χ0v) is 20.8. The Bertz CT molecular complexity index is 1120. The van der Waals surface area contributed by atoms with E-state index in [4.69, 9.17) is 5.11 Å². The zero-order chi connectivity index (χ0) is 25.4. The van der Waals surface area contributed by atoms with E-state index in [-0.39, 0.29) is 24.3 Å². The van der Waals surface area contributed by atoms with E-state index >= 15 is 0 Å². The smallest absolute Gasteiger partial charge is 0.303 e. The second-order valence-corrected chi connectivity index (χ2v) is 11.1. The first-order chi connectivity index (χ1) is 16.7. The van der Waals surface area contributed by atoms with Crippen molar-refractivity contribution < 1.29 is 27.1 Å². The Kier molecular flexibility index (Phi) is 9.77. The highest BCUT2D eigenvalue weighted by Gasteiger charge is 2.30. The van der Waals surface area contributed by atoms with E-state index in [2.05, 4.69) is 10.0 Å². The van der Waals surface area contributed by atoms with Crippen LogP contribution in [-0.2, 0) is 27.7 Å². The average Bonchev–Trinajstić information content (AvgIpc) is 3.22. The van der Waals surface area contributed by atoms with Crippen molar-refractivity contribution in [1.29, 1.82) is 0 Å². The number of rotatable bonds is 13. The Labute approximate surface area is 206 Å². The number of sulfonamides is 1. The van der Waals surface area contributed by atoms with E-state index in [1.165, 1.54) is 6.07 Å². The summed E-state index contributed by atoms with van der Waals surface area (Å²) in [6.07, 6.45) is 4.63. The monoisotopic (exact) mass is 508 g/mol. The van der Waals surface area contributed by atoms with Gasteiger partial charge in [-0.05, 0) is 73.9 Å². The van der Waals surface area contributed by atoms with E-state index in [1.807, 2.05) is 24.3 Å². The fraction of sp³-hybridized carbons (Fsp3) is 0.500. The molecule has 1 aliphatic heterocycles. The van der Waals surface area contributed by atoms with Gasteiger partial charge in [0, 0.05) is 24.6 Å². The summed E-state index contributed by atoms with van der Waals surface area (Å²) in [5.74, 6) is -2.01. The van der Waals surface area contributed by atoms with Crippen LogP contribution in [0.3, 0.4) is 0 Å². The summed E-state index contributed by atoms with van der Waals surface area (Å²) < 4.78 is 55.7. The molecule has 192 valence electrons. The number of aliphatic carboxylic acids is 1. The summed E-state index contributed by atoms with van der Waals surface area (Å²) >= 11 is 0. The molecule has 2 unspecified atom stereocenters. The molecule has 2 aromatic rings. The molecule has 1 saturated heterocycles. The van der Waals surface area contributed by atoms with Crippen LogP contribution in [0.25, 0.3) is 11.1 Å². The largest absolute Gasteiger partial charge is 0.481 e. The molecule has 0 spiro atoms. The van der Waals surface area contributed by atoms with Crippen LogP contribution < -0.4 is 10.0 Å². The molecule has 0 saturated carbocycles. The number of nitrogens with one attached hydrogen (secondary N) is 2. The van der Waals surface area contributed by atoms with Gasteiger partial charge >= 0.3 is 5.97 Å². The molecule has 0 radical (unpaired) electrons. The number of hydrogen-bond donors (Lipinski definition) is 3. The molecule has 1 aliphatic rings. The lowest BCUT2D eigenvalue weighted by Gasteiger charge is -2.21. The number of hydrogen-bond acceptors (Lipinski definition) is 4. The molecule has 1 fully saturated rings. The number of unbranched alkanes of at least 4 members (excludes halogenated alkanes) is 3. The lowest BCUT2D eigenvalue weighted by molar-refractivity contribution is -0.137. The maximum atomic E-state index is 14.8. The van der Waals surface area contributed by atoms with E-state index < -0.39 is 27.6 Å². The van der Waals surface area contributed by atoms with Crippen LogP contribution in [-0.4, -0.2) is 43.9 Å². The number of carboxylic acids is 1. The van der Waals surface area contributed by atoms with Gasteiger partial charge < -0.3 is 10.4 Å². The number of benzene rings is 2. The lowest BCUT2D eigenvalue weighted by atomic mass is 9.92. The lowest BCUT2D eigenvalue weighted by Crippen LogP contribution is -2.45. The van der Waals surface area contributed by atoms with E-state index in [9.17, 15) is 22.0 Å². The Balaban J connectivity index is 1.74. The highest BCUT2D eigenvalue weighted by molar-refractivity contribution is 7.89. The van der Waals surface area contributed by atoms with Gasteiger partial charge in [-0.25, -0.2) is 21.9 Å². The highest BCUT2D eigenvalue weighted by atomic mass is 32.2. The predicted molar refractivity (Wildman–Crippen MR) is 133 cm³/mol. The van der Waals surface area contributed by atoms with Crippen LogP contribution in [0.1, 0.15) is 56.6 Å². The third-order valence-corrected chi connectivity index (χ3v) is 7.90. The predicted octanol–water partition coefficient (Wildman–Crippen LogP) is 4.42. The molecule has 1 heterocycles. The second-order valence-electron chi connectivity index (χ2n) is 9.10. The molecule has 3 N–H and O–H groups in total. The van der Waals surface area contributed by atoms with E-state index in [0.29, 0.717) is 55.3 Å². The van der Waals surface area contributed by atoms with Gasteiger partial charge in [-0.15, -0.1) is 0 Å². The summed E-state index contributed by atoms with van der Waals surface area (Å²) in [5.41, 5.74) is 2.63. The molecular weight excluding hydrogens is 474 g/mol. The quantitative estimate of drug-likeness (QED) is 0.348. The standard InChI is InChI=1S/C26H34F2N2O4S/c1-2-35(33,34)30-24-12-13-29-25(24)15-18-8-7-9-19(14-18)22-16-20(27)17-23(28)21(22)10-5-3-4-6-11-26(31)32/h7-9,14,16-17,24-25,29-30H,2-6,10-13,15H2,1H3,(H,31,32). The van der Waals surface area contributed by atoms with Crippen molar-refractivity contribution in [3.63, 3.8) is 0 Å². The zero-order valence-electron chi connectivity index (χ0n) is 20.0. The van der Waals surface area contributed by atoms with Crippen LogP contribution in [0.4, 0.5) is 8.78 Å². The Morgan fingerprint density at radius 2 is 1.91 bits per heavy atom. The highest BCUT2D eigenvalue weighted by Crippen LogP contribution is 2.30. The van der Waals surface area contributed by atoms with Gasteiger partial charge in [0.05, 0.1) is 5.75 Å². The van der Waals surface area contributed by atoms with Gasteiger partial charge in [-0.1, -0.05) is 37.1 Å². The molecule has 0 amide bonds. The van der Waals surface area contributed by atoms with Gasteiger partial charge in [-0.2, -0.15) is 0 Å². The number of halogens is 2. The maximum Gasteiger partial charge on any atom is 0.303 e. The van der Waals surface area contributed by atoms with Crippen molar-refractivity contribution in [2.24, 2.45) is 0 Å². The number of carbonyl (C=O) groups is 1. The minimum absolute atomic E-state index is 0.0270. The van der Waals surface area contributed by atoms with Gasteiger partial charge in [0.1, 0.15) is 11.6 Å². The van der Waals surface area contributed by atoms with Gasteiger partial charge in [-0.3, -0.25) is 4.79 Å². The summed E-state index contributed by atoms with van der Waals surface area (Å²) in [5, 5.41) is 12.1. The molecule has 6 nitrogen and oxygen atoms in total. The molecule has 0 aromatic heterocycles. The molecule has 0 aliphatic carbocycles. The summed E-state index contributed by atoms with van der Waals surface area (Å²) in [6, 6.07) is 9.51. The summed E-state index contributed by atoms with van der Waals surface area (Å²) in [6.45, 7) is 2.32. The van der Waals surface area contributed by atoms with Crippen LogP contribution in [0.5, 0.6) is 0 Å². The molecule has 2 aromatic carbocycles. The fourth-order valence-electron chi connectivity index (χ4n) is 4.60.